The molecule has 6 rings (SSSR count). The van der Waals surface area contributed by atoms with E-state index in [1.54, 1.807) is 12.1 Å². The van der Waals surface area contributed by atoms with Gasteiger partial charge in [0, 0.05) is 18.2 Å². The van der Waals surface area contributed by atoms with Crippen LogP contribution in [-0.2, 0) is 14.4 Å². The molecule has 3 aliphatic heterocycles. The summed E-state index contributed by atoms with van der Waals surface area (Å²) in [5.74, 6) is -2.88. The van der Waals surface area contributed by atoms with E-state index in [2.05, 4.69) is 4.99 Å². The number of aliphatic carboxylic acids is 2. The fraction of sp³-hybridized carbons (Fsp3) is 0.261. The SMILES string of the molecule is O=C(O)CN1C(=O)/C(=C(\C=C2/Oc3cc4c(cc3N2CC(=O)O)OCO4)C2CC2)N=C1c1sc(=S)n(O)c1O. The maximum atomic E-state index is 13.5. The number of carboxylic acid groups (broad SMARTS) is 2. The number of allylic oxidation sites excluding steroid dienone is 2. The second kappa shape index (κ2) is 9.02. The number of aromatic hydroxyl groups is 1. The van der Waals surface area contributed by atoms with E-state index in [0.717, 1.165) is 16.2 Å². The number of nitrogens with zero attached hydrogens (tertiary/aromatic N) is 4. The van der Waals surface area contributed by atoms with Crippen LogP contribution in [0.4, 0.5) is 5.69 Å². The van der Waals surface area contributed by atoms with Gasteiger partial charge in [-0.15, -0.1) is 4.73 Å². The van der Waals surface area contributed by atoms with Gasteiger partial charge in [-0.05, 0) is 36.6 Å². The Hall–Kier alpha value is -4.57. The van der Waals surface area contributed by atoms with Crippen molar-refractivity contribution in [1.29, 1.82) is 0 Å². The van der Waals surface area contributed by atoms with E-state index in [1.165, 1.54) is 11.0 Å². The van der Waals surface area contributed by atoms with Crippen molar-refractivity contribution in [3.63, 3.8) is 0 Å². The molecule has 1 aromatic carbocycles. The summed E-state index contributed by atoms with van der Waals surface area (Å²) in [6.07, 6.45) is 2.93. The Bertz CT molecular complexity index is 1620. The van der Waals surface area contributed by atoms with Crippen LogP contribution in [0.3, 0.4) is 0 Å². The van der Waals surface area contributed by atoms with Gasteiger partial charge in [0.15, 0.2) is 23.1 Å². The highest BCUT2D eigenvalue weighted by molar-refractivity contribution is 7.73. The van der Waals surface area contributed by atoms with Gasteiger partial charge in [0.2, 0.25) is 22.5 Å². The van der Waals surface area contributed by atoms with E-state index in [-0.39, 0.29) is 39.0 Å². The fourth-order valence-electron chi connectivity index (χ4n) is 4.39. The van der Waals surface area contributed by atoms with Gasteiger partial charge in [0.1, 0.15) is 23.7 Å². The topological polar surface area (TPSA) is 184 Å². The highest BCUT2D eigenvalue weighted by atomic mass is 32.1. The Kier molecular flexibility index (Phi) is 5.72. The van der Waals surface area contributed by atoms with Gasteiger partial charge in [-0.3, -0.25) is 24.2 Å². The first-order chi connectivity index (χ1) is 18.6. The van der Waals surface area contributed by atoms with Crippen LogP contribution < -0.4 is 19.1 Å². The first kappa shape index (κ1) is 24.7. The quantitative estimate of drug-likeness (QED) is 0.215. The van der Waals surface area contributed by atoms with Gasteiger partial charge in [-0.1, -0.05) is 11.3 Å². The van der Waals surface area contributed by atoms with Crippen LogP contribution in [-0.4, -0.2) is 73.7 Å². The number of fused-ring (bicyclic) bond motifs is 2. The number of carboxylic acids is 2. The molecule has 1 aliphatic carbocycles. The van der Waals surface area contributed by atoms with Crippen molar-refractivity contribution in [2.45, 2.75) is 12.8 Å². The summed E-state index contributed by atoms with van der Waals surface area (Å²) in [6, 6.07) is 3.19. The Labute approximate surface area is 227 Å². The minimum Gasteiger partial charge on any atom is -0.491 e. The molecule has 1 fully saturated rings. The lowest BCUT2D eigenvalue weighted by Crippen LogP contribution is -2.37. The summed E-state index contributed by atoms with van der Waals surface area (Å²) in [7, 11) is 0. The largest absolute Gasteiger partial charge is 0.491 e. The molecular weight excluding hydrogens is 556 g/mol. The number of aliphatic imine (C=N–C) groups is 1. The maximum absolute atomic E-state index is 13.5. The minimum absolute atomic E-state index is 0.0239. The number of amidine groups is 1. The second-order valence-corrected chi connectivity index (χ2v) is 10.5. The van der Waals surface area contributed by atoms with Crippen LogP contribution in [0.25, 0.3) is 0 Å². The van der Waals surface area contributed by atoms with Crippen molar-refractivity contribution >= 4 is 52.9 Å². The molecule has 14 nitrogen and oxygen atoms in total. The van der Waals surface area contributed by atoms with Gasteiger partial charge in [0.05, 0.1) is 5.69 Å². The Morgan fingerprint density at radius 2 is 1.77 bits per heavy atom. The molecule has 1 saturated carbocycles. The van der Waals surface area contributed by atoms with Crippen LogP contribution in [0.1, 0.15) is 17.7 Å². The molecule has 39 heavy (non-hydrogen) atoms. The predicted octanol–water partition coefficient (Wildman–Crippen LogP) is 2.11. The van der Waals surface area contributed by atoms with Crippen LogP contribution in [0.5, 0.6) is 23.1 Å². The maximum Gasteiger partial charge on any atom is 0.323 e. The zero-order chi connectivity index (χ0) is 27.6. The molecule has 0 unspecified atom stereocenters. The third-order valence-electron chi connectivity index (χ3n) is 6.27. The molecule has 0 radical (unpaired) electrons. The van der Waals surface area contributed by atoms with E-state index in [0.29, 0.717) is 46.1 Å². The molecular formula is C23H18N4O10S2. The Morgan fingerprint density at radius 3 is 2.38 bits per heavy atom. The van der Waals surface area contributed by atoms with Crippen molar-refractivity contribution < 1.29 is 49.1 Å². The van der Waals surface area contributed by atoms with Gasteiger partial charge in [0.25, 0.3) is 5.91 Å². The summed E-state index contributed by atoms with van der Waals surface area (Å²) in [5.41, 5.74) is 0.750. The molecule has 4 aliphatic rings. The molecule has 1 aromatic heterocycles. The Morgan fingerprint density at radius 1 is 1.10 bits per heavy atom. The summed E-state index contributed by atoms with van der Waals surface area (Å²) in [5, 5.41) is 39.3. The molecule has 0 atom stereocenters. The Balaban J connectivity index is 1.48. The van der Waals surface area contributed by atoms with Crippen LogP contribution in [0, 0.1) is 9.87 Å². The molecule has 16 heteroatoms. The molecule has 0 saturated heterocycles. The number of ether oxygens (including phenoxy) is 3. The number of amides is 1. The number of hydrogen-bond donors (Lipinski definition) is 4. The average molecular weight is 575 g/mol. The lowest BCUT2D eigenvalue weighted by molar-refractivity contribution is -0.140. The monoisotopic (exact) mass is 574 g/mol. The smallest absolute Gasteiger partial charge is 0.323 e. The molecule has 4 N–H and O–H groups in total. The highest BCUT2D eigenvalue weighted by Crippen LogP contribution is 2.49. The number of benzene rings is 1. The summed E-state index contributed by atoms with van der Waals surface area (Å²) in [4.78, 5) is 43.4. The number of anilines is 1. The second-order valence-electron chi connectivity index (χ2n) is 8.87. The van der Waals surface area contributed by atoms with Crippen molar-refractivity contribution in [1.82, 2.24) is 9.63 Å². The van der Waals surface area contributed by atoms with Gasteiger partial charge in [-0.2, -0.15) is 0 Å². The van der Waals surface area contributed by atoms with E-state index in [1.807, 2.05) is 0 Å². The molecule has 2 aromatic rings. The lowest BCUT2D eigenvalue weighted by Gasteiger charge is -2.17. The van der Waals surface area contributed by atoms with Crippen molar-refractivity contribution in [3.8, 4) is 23.1 Å². The van der Waals surface area contributed by atoms with Crippen molar-refractivity contribution in [2.75, 3.05) is 24.8 Å². The highest BCUT2D eigenvalue weighted by Gasteiger charge is 2.41. The number of rotatable bonds is 7. The van der Waals surface area contributed by atoms with E-state index in [9.17, 15) is 34.9 Å². The standard InChI is InChI=1S/C23H18N4O10S2/c28-16(29)6-25-11-4-13-14(36-8-35-13)5-12(11)37-15(25)3-10(9-1-2-9)18-21(32)26(7-17(30)31)20(24-18)19-22(33)27(34)23(38)39-19/h3-5,9,33-34H,1-2,6-8H2,(H,28,29)(H,30,31)/b15-3-,18-10-. The van der Waals surface area contributed by atoms with Gasteiger partial charge >= 0.3 is 11.9 Å². The normalized spacial score (nSPS) is 19.8. The van der Waals surface area contributed by atoms with Gasteiger partial charge < -0.3 is 34.7 Å². The first-order valence-corrected chi connectivity index (χ1v) is 12.7. The van der Waals surface area contributed by atoms with E-state index >= 15 is 0 Å². The van der Waals surface area contributed by atoms with Crippen LogP contribution in [0.2, 0.25) is 0 Å². The van der Waals surface area contributed by atoms with Crippen molar-refractivity contribution in [3.05, 3.63) is 44.2 Å². The molecule has 0 spiro atoms. The zero-order valence-electron chi connectivity index (χ0n) is 19.7. The fourth-order valence-corrected chi connectivity index (χ4v) is 5.50. The van der Waals surface area contributed by atoms with E-state index < -0.39 is 36.8 Å². The number of carbonyl (C=O) groups excluding carboxylic acids is 1. The summed E-state index contributed by atoms with van der Waals surface area (Å²) < 4.78 is 17.0. The molecule has 0 bridgehead atoms. The lowest BCUT2D eigenvalue weighted by atomic mass is 10.1. The minimum atomic E-state index is -1.32. The van der Waals surface area contributed by atoms with Crippen LogP contribution in [0.15, 0.2) is 40.4 Å². The predicted molar refractivity (Wildman–Crippen MR) is 134 cm³/mol. The number of carbonyl (C=O) groups is 3. The molecule has 1 amide bonds. The zero-order valence-corrected chi connectivity index (χ0v) is 21.3. The third-order valence-corrected chi connectivity index (χ3v) is 7.61. The van der Waals surface area contributed by atoms with Gasteiger partial charge in [-0.25, -0.2) is 4.99 Å². The number of hydrogen-bond acceptors (Lipinski definition) is 12. The van der Waals surface area contributed by atoms with Crippen molar-refractivity contribution in [2.24, 2.45) is 10.9 Å². The van der Waals surface area contributed by atoms with E-state index in [4.69, 9.17) is 26.4 Å². The number of thiazole rings is 1. The molecule has 4 heterocycles. The average Bonchev–Trinajstić information content (AvgIpc) is 3.33. The number of aromatic nitrogens is 1. The molecule has 202 valence electrons. The first-order valence-electron chi connectivity index (χ1n) is 11.5. The summed E-state index contributed by atoms with van der Waals surface area (Å²) >= 11 is 5.73. The summed E-state index contributed by atoms with van der Waals surface area (Å²) in [6.45, 7) is -1.19. The van der Waals surface area contributed by atoms with Crippen LogP contribution >= 0.6 is 23.6 Å². The third kappa shape index (κ3) is 4.22.